The first-order valence-electron chi connectivity index (χ1n) is 11.0. The number of hydrogen-bond acceptors (Lipinski definition) is 6. The summed E-state index contributed by atoms with van der Waals surface area (Å²) < 4.78 is 11.3. The maximum atomic E-state index is 13.5. The Labute approximate surface area is 193 Å². The van der Waals surface area contributed by atoms with E-state index in [9.17, 15) is 9.59 Å². The number of piperazine rings is 1. The smallest absolute Gasteiger partial charge is 0.329 e. The van der Waals surface area contributed by atoms with Crippen LogP contribution >= 0.6 is 11.6 Å². The molecule has 2 saturated heterocycles. The van der Waals surface area contributed by atoms with Crippen LogP contribution in [-0.4, -0.2) is 43.4 Å². The van der Waals surface area contributed by atoms with Crippen LogP contribution in [0.15, 0.2) is 36.4 Å². The van der Waals surface area contributed by atoms with Gasteiger partial charge in [0.25, 0.3) is 5.79 Å². The molecule has 32 heavy (non-hydrogen) atoms. The molecule has 0 bridgehead atoms. The van der Waals surface area contributed by atoms with Crippen molar-refractivity contribution in [3.05, 3.63) is 58.1 Å². The van der Waals surface area contributed by atoms with Crippen molar-refractivity contribution >= 4 is 34.9 Å². The number of carbonyl (C=O) groups excluding carboxylic acids is 2. The zero-order valence-corrected chi connectivity index (χ0v) is 19.5. The van der Waals surface area contributed by atoms with Crippen molar-refractivity contribution in [2.24, 2.45) is 5.41 Å². The van der Waals surface area contributed by atoms with Crippen molar-refractivity contribution in [2.45, 2.75) is 45.9 Å². The Kier molecular flexibility index (Phi) is 4.71. The Morgan fingerprint density at radius 1 is 1.00 bits per heavy atom. The van der Waals surface area contributed by atoms with Crippen LogP contribution < -0.4 is 9.80 Å². The highest BCUT2D eigenvalue weighted by atomic mass is 35.5. The van der Waals surface area contributed by atoms with Crippen molar-refractivity contribution in [1.82, 2.24) is 0 Å². The monoisotopic (exact) mass is 454 g/mol. The molecule has 0 saturated carbocycles. The molecular formula is C25H27ClN2O4. The van der Waals surface area contributed by atoms with Gasteiger partial charge in [-0.25, -0.2) is 0 Å². The lowest BCUT2D eigenvalue weighted by Gasteiger charge is -2.55. The second kappa shape index (κ2) is 7.14. The van der Waals surface area contributed by atoms with Crippen molar-refractivity contribution < 1.29 is 19.1 Å². The summed E-state index contributed by atoms with van der Waals surface area (Å²) in [6.45, 7) is 9.29. The van der Waals surface area contributed by atoms with Gasteiger partial charge in [0.1, 0.15) is 0 Å². The quantitative estimate of drug-likeness (QED) is 0.479. The molecule has 7 heteroatoms. The second-order valence-electron chi connectivity index (χ2n) is 9.47. The van der Waals surface area contributed by atoms with Crippen LogP contribution in [0.2, 0.25) is 5.02 Å². The van der Waals surface area contributed by atoms with Crippen molar-refractivity contribution in [3.8, 4) is 0 Å². The van der Waals surface area contributed by atoms with Gasteiger partial charge in [-0.15, -0.1) is 0 Å². The van der Waals surface area contributed by atoms with Crippen LogP contribution in [0.5, 0.6) is 0 Å². The first-order chi connectivity index (χ1) is 15.1. The predicted octanol–water partition coefficient (Wildman–Crippen LogP) is 4.03. The van der Waals surface area contributed by atoms with Crippen LogP contribution in [0.25, 0.3) is 0 Å². The Balaban J connectivity index is 1.62. The summed E-state index contributed by atoms with van der Waals surface area (Å²) in [6.07, 6.45) is 0.231. The van der Waals surface area contributed by atoms with Crippen LogP contribution in [0.3, 0.4) is 0 Å². The molecule has 168 valence electrons. The fourth-order valence-electron chi connectivity index (χ4n) is 5.31. The van der Waals surface area contributed by atoms with Crippen molar-refractivity contribution in [1.29, 1.82) is 0 Å². The summed E-state index contributed by atoms with van der Waals surface area (Å²) in [7, 11) is 0. The van der Waals surface area contributed by atoms with Gasteiger partial charge >= 0.3 is 11.9 Å². The molecule has 2 fully saturated rings. The third-order valence-corrected chi connectivity index (χ3v) is 7.33. The Morgan fingerprint density at radius 3 is 2.44 bits per heavy atom. The zero-order valence-electron chi connectivity index (χ0n) is 18.8. The van der Waals surface area contributed by atoms with Crippen LogP contribution in [0, 0.1) is 19.3 Å². The minimum absolute atomic E-state index is 0.231. The number of halogens is 1. The van der Waals surface area contributed by atoms with E-state index >= 15 is 0 Å². The molecule has 0 radical (unpaired) electrons. The summed E-state index contributed by atoms with van der Waals surface area (Å²) in [6, 6.07) is 11.4. The second-order valence-corrected chi connectivity index (χ2v) is 9.91. The molecule has 6 nitrogen and oxygen atoms in total. The summed E-state index contributed by atoms with van der Waals surface area (Å²) in [5, 5.41) is 0.630. The number of fused-ring (bicyclic) bond motifs is 4. The van der Waals surface area contributed by atoms with E-state index < -0.39 is 29.2 Å². The van der Waals surface area contributed by atoms with E-state index in [4.69, 9.17) is 21.1 Å². The molecule has 1 spiro atoms. The topological polar surface area (TPSA) is 59.1 Å². The first-order valence-corrected chi connectivity index (χ1v) is 11.3. The number of aryl methyl sites for hydroxylation is 1. The number of esters is 2. The van der Waals surface area contributed by atoms with Gasteiger partial charge in [-0.3, -0.25) is 9.59 Å². The van der Waals surface area contributed by atoms with E-state index in [-0.39, 0.29) is 6.42 Å². The number of carbonyl (C=O) groups is 2. The molecule has 0 N–H and O–H groups in total. The first kappa shape index (κ1) is 21.1. The average Bonchev–Trinajstić information content (AvgIpc) is 2.73. The lowest BCUT2D eigenvalue weighted by atomic mass is 9.69. The van der Waals surface area contributed by atoms with Gasteiger partial charge in [0, 0.05) is 56.3 Å². The number of cyclic esters (lactones) is 2. The molecule has 0 amide bonds. The number of nitrogens with zero attached hydrogens (tertiary/aromatic N) is 2. The van der Waals surface area contributed by atoms with Gasteiger partial charge in [0.05, 0.1) is 6.04 Å². The highest BCUT2D eigenvalue weighted by Crippen LogP contribution is 2.48. The molecule has 3 aliphatic heterocycles. The molecule has 0 aliphatic carbocycles. The summed E-state index contributed by atoms with van der Waals surface area (Å²) in [4.78, 5) is 31.4. The molecular weight excluding hydrogens is 428 g/mol. The van der Waals surface area contributed by atoms with Gasteiger partial charge in [-0.05, 0) is 48.7 Å². The molecule has 0 aromatic heterocycles. The normalized spacial score (nSPS) is 23.3. The third-order valence-electron chi connectivity index (χ3n) is 7.10. The van der Waals surface area contributed by atoms with E-state index in [0.29, 0.717) is 18.1 Å². The standard InChI is InChI=1S/C25H27ClN2O4/c1-15-6-5-7-19(16(15)2)27-10-11-28-20-12-18(26)9-8-17(20)13-25(21(28)14-27)22(29)31-24(3,4)32-23(25)30/h5-9,12,21H,10-11,13-14H2,1-4H3/t21-/m0/s1. The summed E-state index contributed by atoms with van der Waals surface area (Å²) in [5.41, 5.74) is 3.98. The Morgan fingerprint density at radius 2 is 1.72 bits per heavy atom. The number of benzene rings is 2. The molecule has 2 aromatic carbocycles. The van der Waals surface area contributed by atoms with Gasteiger partial charge in [-0.2, -0.15) is 0 Å². The minimum atomic E-state index is -1.42. The van der Waals surface area contributed by atoms with Gasteiger partial charge in [0.15, 0.2) is 5.41 Å². The fraction of sp³-hybridized carbons (Fsp3) is 0.440. The highest BCUT2D eigenvalue weighted by Gasteiger charge is 2.64. The number of anilines is 2. The molecule has 3 heterocycles. The SMILES string of the molecule is Cc1cccc(N2CCN3c4cc(Cl)ccc4CC4(C(=O)OC(C)(C)OC4=O)[C@@H]3C2)c1C. The third kappa shape index (κ3) is 3.07. The van der Waals surface area contributed by atoms with E-state index in [0.717, 1.165) is 23.5 Å². The van der Waals surface area contributed by atoms with E-state index in [1.54, 1.807) is 19.9 Å². The minimum Gasteiger partial charge on any atom is -0.422 e. The van der Waals surface area contributed by atoms with Crippen LogP contribution in [0.4, 0.5) is 11.4 Å². The Bertz CT molecular complexity index is 1110. The number of rotatable bonds is 1. The highest BCUT2D eigenvalue weighted by molar-refractivity contribution is 6.31. The van der Waals surface area contributed by atoms with E-state index in [2.05, 4.69) is 35.8 Å². The number of hydrogen-bond donors (Lipinski definition) is 0. The largest absolute Gasteiger partial charge is 0.422 e. The molecule has 3 aliphatic rings. The van der Waals surface area contributed by atoms with Gasteiger partial charge < -0.3 is 19.3 Å². The van der Waals surface area contributed by atoms with Gasteiger partial charge in [0.2, 0.25) is 0 Å². The lowest BCUT2D eigenvalue weighted by Crippen LogP contribution is -2.71. The summed E-state index contributed by atoms with van der Waals surface area (Å²) in [5.74, 6) is -2.30. The number of ether oxygens (including phenoxy) is 2. The average molecular weight is 455 g/mol. The maximum absolute atomic E-state index is 13.5. The zero-order chi connectivity index (χ0) is 22.8. The van der Waals surface area contributed by atoms with Crippen molar-refractivity contribution in [2.75, 3.05) is 29.4 Å². The maximum Gasteiger partial charge on any atom is 0.329 e. The van der Waals surface area contributed by atoms with Gasteiger partial charge in [-0.1, -0.05) is 29.8 Å². The summed E-state index contributed by atoms with van der Waals surface area (Å²) >= 11 is 6.32. The molecule has 5 rings (SSSR count). The van der Waals surface area contributed by atoms with Crippen LogP contribution in [0.1, 0.15) is 30.5 Å². The van der Waals surface area contributed by atoms with E-state index in [1.807, 2.05) is 18.2 Å². The predicted molar refractivity (Wildman–Crippen MR) is 123 cm³/mol. The molecule has 2 aromatic rings. The lowest BCUT2D eigenvalue weighted by molar-refractivity contribution is -0.253. The van der Waals surface area contributed by atoms with E-state index in [1.165, 1.54) is 11.1 Å². The van der Waals surface area contributed by atoms with Crippen LogP contribution in [-0.2, 0) is 25.5 Å². The Hall–Kier alpha value is -2.73. The molecule has 0 unspecified atom stereocenters. The fourth-order valence-corrected chi connectivity index (χ4v) is 5.48. The van der Waals surface area contributed by atoms with Crippen molar-refractivity contribution in [3.63, 3.8) is 0 Å². The molecule has 1 atom stereocenters.